The van der Waals surface area contributed by atoms with Crippen LogP contribution < -0.4 is 15.2 Å². The summed E-state index contributed by atoms with van der Waals surface area (Å²) in [5.74, 6) is -0.833. The summed E-state index contributed by atoms with van der Waals surface area (Å²) in [6, 6.07) is 8.30. The monoisotopic (exact) mass is 490 g/mol. The topological polar surface area (TPSA) is 166 Å². The second-order valence-corrected chi connectivity index (χ2v) is 9.25. The molecular weight excluding hydrogens is 464 g/mol. The standard InChI is InChI=1S/C22H26N4O7S/c27-20(28)5-2-1-3-10-23-22(29)24-17-6-7-18-19(15-17)33-21(25-18)16-8-12-26(13-9-16)11-4-14-34(30,31)32/h6-9,12-13,15H,1-5,10-11,14H2,(H3,23,27,28,29,30,31,32). The van der Waals surface area contributed by atoms with Gasteiger partial charge < -0.3 is 24.7 Å². The molecule has 0 unspecified atom stereocenters. The number of hydrogen-bond donors (Lipinski definition) is 3. The van der Waals surface area contributed by atoms with Crippen LogP contribution in [0, 0.1) is 0 Å². The van der Waals surface area contributed by atoms with Crippen molar-refractivity contribution < 1.29 is 36.7 Å². The fourth-order valence-electron chi connectivity index (χ4n) is 3.25. The predicted molar refractivity (Wildman–Crippen MR) is 122 cm³/mol. The molecular formula is C22H26N4O7S. The van der Waals surface area contributed by atoms with E-state index in [4.69, 9.17) is 9.52 Å². The number of fused-ring (bicyclic) bond motifs is 1. The van der Waals surface area contributed by atoms with E-state index in [1.165, 1.54) is 0 Å². The molecule has 182 valence electrons. The van der Waals surface area contributed by atoms with Crippen LogP contribution in [0.3, 0.4) is 0 Å². The average Bonchev–Trinajstić information content (AvgIpc) is 3.19. The van der Waals surface area contributed by atoms with E-state index in [0.717, 1.165) is 12.0 Å². The third-order valence-electron chi connectivity index (χ3n) is 4.95. The molecule has 0 bridgehead atoms. The minimum Gasteiger partial charge on any atom is -0.748 e. The number of nitrogens with one attached hydrogen (secondary N) is 2. The molecule has 0 saturated carbocycles. The summed E-state index contributed by atoms with van der Waals surface area (Å²) >= 11 is 0. The molecule has 0 spiro atoms. The van der Waals surface area contributed by atoms with Crippen LogP contribution >= 0.6 is 0 Å². The fraction of sp³-hybridized carbons (Fsp3) is 0.364. The zero-order valence-corrected chi connectivity index (χ0v) is 19.2. The zero-order valence-electron chi connectivity index (χ0n) is 18.4. The summed E-state index contributed by atoms with van der Waals surface area (Å²) in [6.07, 6.45) is 5.86. The number of aromatic nitrogens is 2. The Morgan fingerprint density at radius 3 is 2.56 bits per heavy atom. The smallest absolute Gasteiger partial charge is 0.319 e. The van der Waals surface area contributed by atoms with Crippen molar-refractivity contribution in [1.82, 2.24) is 10.3 Å². The van der Waals surface area contributed by atoms with Crippen LogP contribution in [0.15, 0.2) is 47.1 Å². The summed E-state index contributed by atoms with van der Waals surface area (Å²) in [6.45, 7) is 0.843. The van der Waals surface area contributed by atoms with E-state index < -0.39 is 21.8 Å². The number of aliphatic carboxylic acids is 1. The van der Waals surface area contributed by atoms with E-state index in [1.807, 2.05) is 0 Å². The Hall–Kier alpha value is -3.51. The van der Waals surface area contributed by atoms with Gasteiger partial charge in [0.15, 0.2) is 18.0 Å². The number of carboxylic acid groups (broad SMARTS) is 1. The third kappa shape index (κ3) is 8.12. The average molecular weight is 491 g/mol. The van der Waals surface area contributed by atoms with Crippen LogP contribution in [0.4, 0.5) is 10.5 Å². The van der Waals surface area contributed by atoms with Crippen LogP contribution in [-0.4, -0.2) is 47.4 Å². The molecule has 0 aliphatic heterocycles. The molecule has 0 atom stereocenters. The molecule has 1 aromatic carbocycles. The number of nitrogens with zero attached hydrogens (tertiary/aromatic N) is 2. The quantitative estimate of drug-likeness (QED) is 0.198. The Labute approximate surface area is 196 Å². The highest BCUT2D eigenvalue weighted by atomic mass is 32.2. The number of amides is 2. The van der Waals surface area contributed by atoms with Gasteiger partial charge in [0.1, 0.15) is 12.1 Å². The van der Waals surface area contributed by atoms with Gasteiger partial charge >= 0.3 is 12.0 Å². The van der Waals surface area contributed by atoms with E-state index in [0.29, 0.717) is 48.6 Å². The number of unbranched alkanes of at least 4 members (excludes halogenated alkanes) is 2. The molecule has 0 saturated heterocycles. The second kappa shape index (κ2) is 11.6. The molecule has 0 radical (unpaired) electrons. The third-order valence-corrected chi connectivity index (χ3v) is 5.74. The Balaban J connectivity index is 1.53. The number of oxazole rings is 1. The van der Waals surface area contributed by atoms with Crippen molar-refractivity contribution in [2.75, 3.05) is 17.6 Å². The van der Waals surface area contributed by atoms with Crippen LogP contribution in [0.5, 0.6) is 0 Å². The highest BCUT2D eigenvalue weighted by molar-refractivity contribution is 7.85. The summed E-state index contributed by atoms with van der Waals surface area (Å²) < 4.78 is 39.7. The lowest BCUT2D eigenvalue weighted by atomic mass is 10.2. The van der Waals surface area contributed by atoms with Crippen molar-refractivity contribution in [3.05, 3.63) is 42.7 Å². The lowest BCUT2D eigenvalue weighted by Crippen LogP contribution is -2.33. The van der Waals surface area contributed by atoms with Gasteiger partial charge in [0.2, 0.25) is 5.89 Å². The van der Waals surface area contributed by atoms with Gasteiger partial charge in [-0.05, 0) is 25.0 Å². The van der Waals surface area contributed by atoms with Crippen molar-refractivity contribution in [1.29, 1.82) is 0 Å². The first-order chi connectivity index (χ1) is 16.2. The van der Waals surface area contributed by atoms with Gasteiger partial charge in [0.25, 0.3) is 0 Å². The largest absolute Gasteiger partial charge is 0.748 e. The Bertz CT molecular complexity index is 1240. The number of benzene rings is 1. The maximum absolute atomic E-state index is 12.1. The molecule has 3 aromatic rings. The number of aryl methyl sites for hydroxylation is 1. The summed E-state index contributed by atoms with van der Waals surface area (Å²) in [5, 5.41) is 14.1. The first-order valence-electron chi connectivity index (χ1n) is 10.8. The minimum atomic E-state index is -4.22. The van der Waals surface area contributed by atoms with E-state index in [1.54, 1.807) is 47.3 Å². The van der Waals surface area contributed by atoms with Gasteiger partial charge in [0.05, 0.1) is 10.1 Å². The molecule has 0 aliphatic carbocycles. The second-order valence-electron chi connectivity index (χ2n) is 7.73. The maximum atomic E-state index is 12.1. The van der Waals surface area contributed by atoms with Gasteiger partial charge in [-0.1, -0.05) is 6.42 Å². The molecule has 3 N–H and O–H groups in total. The maximum Gasteiger partial charge on any atom is 0.319 e. The molecule has 0 fully saturated rings. The van der Waals surface area contributed by atoms with Gasteiger partial charge in [0, 0.05) is 54.6 Å². The first-order valence-corrected chi connectivity index (χ1v) is 12.4. The van der Waals surface area contributed by atoms with E-state index in [9.17, 15) is 22.6 Å². The number of urea groups is 1. The normalized spacial score (nSPS) is 11.4. The highest BCUT2D eigenvalue weighted by Crippen LogP contribution is 2.25. The van der Waals surface area contributed by atoms with E-state index in [-0.39, 0.29) is 18.9 Å². The highest BCUT2D eigenvalue weighted by Gasteiger charge is 2.12. The Kier molecular flexibility index (Phi) is 8.55. The minimum absolute atomic E-state index is 0.128. The van der Waals surface area contributed by atoms with Gasteiger partial charge in [-0.25, -0.2) is 22.8 Å². The zero-order chi connectivity index (χ0) is 24.6. The van der Waals surface area contributed by atoms with Gasteiger partial charge in [-0.3, -0.25) is 4.79 Å². The lowest BCUT2D eigenvalue weighted by molar-refractivity contribution is -0.696. The van der Waals surface area contributed by atoms with Crippen molar-refractivity contribution >= 4 is 38.9 Å². The molecule has 2 aromatic heterocycles. The Morgan fingerprint density at radius 2 is 1.85 bits per heavy atom. The number of hydrogen-bond acceptors (Lipinski definition) is 7. The SMILES string of the molecule is O=C(O)CCCCCNC(=O)Nc1ccc2nc(-c3cc[n+](CCCS(=O)(=O)[O-])cc3)oc2c1. The van der Waals surface area contributed by atoms with Gasteiger partial charge in [-0.15, -0.1) is 0 Å². The van der Waals surface area contributed by atoms with Crippen LogP contribution in [0.25, 0.3) is 22.6 Å². The van der Waals surface area contributed by atoms with Crippen LogP contribution in [-0.2, 0) is 21.5 Å². The number of carbonyl (C=O) groups is 2. The fourth-order valence-corrected chi connectivity index (χ4v) is 3.74. The summed E-state index contributed by atoms with van der Waals surface area (Å²) in [5.41, 5.74) is 2.38. The molecule has 34 heavy (non-hydrogen) atoms. The van der Waals surface area contributed by atoms with Crippen molar-refractivity contribution in [2.24, 2.45) is 0 Å². The first kappa shape index (κ1) is 25.1. The van der Waals surface area contributed by atoms with Crippen molar-refractivity contribution in [2.45, 2.75) is 38.6 Å². The number of rotatable bonds is 12. The molecule has 3 rings (SSSR count). The summed E-state index contributed by atoms with van der Waals surface area (Å²) in [7, 11) is -4.22. The number of pyridine rings is 1. The summed E-state index contributed by atoms with van der Waals surface area (Å²) in [4.78, 5) is 27.0. The van der Waals surface area contributed by atoms with Crippen molar-refractivity contribution in [3.63, 3.8) is 0 Å². The number of carboxylic acids is 1. The number of carbonyl (C=O) groups excluding carboxylic acids is 1. The van der Waals surface area contributed by atoms with E-state index >= 15 is 0 Å². The predicted octanol–water partition coefficient (Wildman–Crippen LogP) is 2.48. The van der Waals surface area contributed by atoms with Crippen molar-refractivity contribution in [3.8, 4) is 11.5 Å². The number of anilines is 1. The van der Waals surface area contributed by atoms with Crippen LogP contribution in [0.2, 0.25) is 0 Å². The molecule has 12 heteroatoms. The van der Waals surface area contributed by atoms with E-state index in [2.05, 4.69) is 15.6 Å². The van der Waals surface area contributed by atoms with Gasteiger partial charge in [-0.2, -0.15) is 0 Å². The molecule has 0 aliphatic rings. The lowest BCUT2D eigenvalue weighted by Gasteiger charge is -2.07. The Morgan fingerprint density at radius 1 is 1.09 bits per heavy atom. The van der Waals surface area contributed by atoms with Crippen LogP contribution in [0.1, 0.15) is 32.1 Å². The molecule has 2 amide bonds. The molecule has 2 heterocycles. The molecule has 11 nitrogen and oxygen atoms in total.